The third-order valence-corrected chi connectivity index (χ3v) is 3.67. The molecule has 0 radical (unpaired) electrons. The molecule has 0 aliphatic carbocycles. The summed E-state index contributed by atoms with van der Waals surface area (Å²) in [6, 6.07) is 2.37. The molecule has 3 atom stereocenters. The Labute approximate surface area is 105 Å². The van der Waals surface area contributed by atoms with Gasteiger partial charge in [-0.05, 0) is 37.9 Å². The molecule has 1 aliphatic heterocycles. The van der Waals surface area contributed by atoms with E-state index in [1.807, 2.05) is 18.7 Å². The van der Waals surface area contributed by atoms with E-state index < -0.39 is 12.0 Å². The summed E-state index contributed by atoms with van der Waals surface area (Å²) in [6.07, 6.45) is 2.03. The number of halogens is 1. The quantitative estimate of drug-likeness (QED) is 0.894. The van der Waals surface area contributed by atoms with Crippen molar-refractivity contribution in [2.75, 3.05) is 6.54 Å². The van der Waals surface area contributed by atoms with Crippen LogP contribution in [0, 0.1) is 11.7 Å². The van der Waals surface area contributed by atoms with Crippen LogP contribution in [0.15, 0.2) is 18.3 Å². The van der Waals surface area contributed by atoms with Gasteiger partial charge in [0.2, 0.25) is 0 Å². The van der Waals surface area contributed by atoms with Crippen molar-refractivity contribution in [1.82, 2.24) is 9.88 Å². The van der Waals surface area contributed by atoms with Gasteiger partial charge >= 0.3 is 5.97 Å². The zero-order chi connectivity index (χ0) is 13.3. The number of aliphatic carboxylic acids is 1. The number of likely N-dealkylation sites (tertiary alicyclic amines) is 1. The predicted molar refractivity (Wildman–Crippen MR) is 64.5 cm³/mol. The first-order valence-electron chi connectivity index (χ1n) is 6.10. The van der Waals surface area contributed by atoms with Gasteiger partial charge in [-0.3, -0.25) is 14.7 Å². The summed E-state index contributed by atoms with van der Waals surface area (Å²) >= 11 is 0. The maximum absolute atomic E-state index is 12.8. The minimum Gasteiger partial charge on any atom is -0.480 e. The Morgan fingerprint density at radius 2 is 2.33 bits per heavy atom. The number of rotatable bonds is 3. The molecule has 2 rings (SSSR count). The van der Waals surface area contributed by atoms with Crippen LogP contribution in [0.4, 0.5) is 4.39 Å². The van der Waals surface area contributed by atoms with Gasteiger partial charge in [0.15, 0.2) is 0 Å². The van der Waals surface area contributed by atoms with Crippen LogP contribution in [0.25, 0.3) is 0 Å². The SMILES string of the molecule is CC1CCN(C(C)c2ccc(F)cn2)C1C(=O)O. The third-order valence-electron chi connectivity index (χ3n) is 3.67. The molecule has 1 fully saturated rings. The molecule has 4 nitrogen and oxygen atoms in total. The Bertz CT molecular complexity index is 435. The first-order chi connectivity index (χ1) is 8.50. The molecular weight excluding hydrogens is 235 g/mol. The molecule has 1 N–H and O–H groups in total. The number of carbonyl (C=O) groups is 1. The predicted octanol–water partition coefficient (Wildman–Crippen LogP) is 2.08. The molecule has 0 bridgehead atoms. The van der Waals surface area contributed by atoms with Gasteiger partial charge in [0.1, 0.15) is 11.9 Å². The van der Waals surface area contributed by atoms with E-state index in [4.69, 9.17) is 0 Å². The lowest BCUT2D eigenvalue weighted by molar-refractivity contribution is -0.144. The molecule has 1 aliphatic rings. The molecule has 0 saturated carbocycles. The maximum Gasteiger partial charge on any atom is 0.321 e. The molecule has 3 unspecified atom stereocenters. The van der Waals surface area contributed by atoms with E-state index in [9.17, 15) is 14.3 Å². The molecule has 98 valence electrons. The van der Waals surface area contributed by atoms with Crippen molar-refractivity contribution in [2.45, 2.75) is 32.4 Å². The Morgan fingerprint density at radius 1 is 1.61 bits per heavy atom. The second-order valence-electron chi connectivity index (χ2n) is 4.86. The Kier molecular flexibility index (Phi) is 3.61. The minimum absolute atomic E-state index is 0.114. The van der Waals surface area contributed by atoms with Gasteiger partial charge in [-0.1, -0.05) is 6.92 Å². The number of hydrogen-bond donors (Lipinski definition) is 1. The highest BCUT2D eigenvalue weighted by Crippen LogP contribution is 2.31. The highest BCUT2D eigenvalue weighted by Gasteiger charge is 2.39. The van der Waals surface area contributed by atoms with E-state index in [2.05, 4.69) is 4.98 Å². The lowest BCUT2D eigenvalue weighted by atomic mass is 10.0. The van der Waals surface area contributed by atoms with Gasteiger partial charge in [0.05, 0.1) is 17.9 Å². The summed E-state index contributed by atoms with van der Waals surface area (Å²) in [7, 11) is 0. The van der Waals surface area contributed by atoms with Crippen LogP contribution in [0.3, 0.4) is 0 Å². The molecule has 0 aromatic carbocycles. The number of carboxylic acids is 1. The van der Waals surface area contributed by atoms with Crippen molar-refractivity contribution in [1.29, 1.82) is 0 Å². The van der Waals surface area contributed by atoms with Gasteiger partial charge in [0.25, 0.3) is 0 Å². The van der Waals surface area contributed by atoms with Crippen LogP contribution < -0.4 is 0 Å². The second-order valence-corrected chi connectivity index (χ2v) is 4.86. The highest BCUT2D eigenvalue weighted by molar-refractivity contribution is 5.74. The third kappa shape index (κ3) is 2.36. The zero-order valence-electron chi connectivity index (χ0n) is 10.5. The maximum atomic E-state index is 12.8. The van der Waals surface area contributed by atoms with E-state index in [0.717, 1.165) is 13.0 Å². The van der Waals surface area contributed by atoms with Crippen LogP contribution in [0.2, 0.25) is 0 Å². The van der Waals surface area contributed by atoms with E-state index in [1.165, 1.54) is 12.3 Å². The van der Waals surface area contributed by atoms with Crippen molar-refractivity contribution in [2.24, 2.45) is 5.92 Å². The summed E-state index contributed by atoms with van der Waals surface area (Å²) < 4.78 is 12.8. The smallest absolute Gasteiger partial charge is 0.321 e. The van der Waals surface area contributed by atoms with E-state index in [0.29, 0.717) is 5.69 Å². The lowest BCUT2D eigenvalue weighted by Gasteiger charge is -2.29. The molecule has 2 heterocycles. The molecule has 5 heteroatoms. The van der Waals surface area contributed by atoms with Crippen molar-refractivity contribution in [3.63, 3.8) is 0 Å². The molecule has 0 spiro atoms. The zero-order valence-corrected chi connectivity index (χ0v) is 10.5. The minimum atomic E-state index is -0.797. The number of aromatic nitrogens is 1. The highest BCUT2D eigenvalue weighted by atomic mass is 19.1. The summed E-state index contributed by atoms with van der Waals surface area (Å²) in [5, 5.41) is 9.27. The average molecular weight is 252 g/mol. The summed E-state index contributed by atoms with van der Waals surface area (Å²) in [5.74, 6) is -1.05. The fourth-order valence-corrected chi connectivity index (χ4v) is 2.60. The molecule has 0 amide bonds. The van der Waals surface area contributed by atoms with E-state index >= 15 is 0 Å². The molecule has 1 saturated heterocycles. The Hall–Kier alpha value is -1.49. The topological polar surface area (TPSA) is 53.4 Å². The van der Waals surface area contributed by atoms with Crippen LogP contribution in [-0.2, 0) is 4.79 Å². The fourth-order valence-electron chi connectivity index (χ4n) is 2.60. The standard InChI is InChI=1S/C13H17FN2O2/c1-8-5-6-16(12(8)13(17)18)9(2)11-4-3-10(14)7-15-11/h3-4,7-9,12H,5-6H2,1-2H3,(H,17,18). The Balaban J connectivity index is 2.20. The average Bonchev–Trinajstić information content (AvgIpc) is 2.71. The van der Waals surface area contributed by atoms with Crippen molar-refractivity contribution >= 4 is 5.97 Å². The van der Waals surface area contributed by atoms with Gasteiger partial charge in [-0.25, -0.2) is 4.39 Å². The van der Waals surface area contributed by atoms with E-state index in [1.54, 1.807) is 6.07 Å². The van der Waals surface area contributed by atoms with Crippen LogP contribution >= 0.6 is 0 Å². The lowest BCUT2D eigenvalue weighted by Crippen LogP contribution is -2.40. The number of pyridine rings is 1. The van der Waals surface area contributed by atoms with Gasteiger partial charge in [-0.15, -0.1) is 0 Å². The largest absolute Gasteiger partial charge is 0.480 e. The first kappa shape index (κ1) is 13.0. The normalized spacial score (nSPS) is 26.2. The van der Waals surface area contributed by atoms with Crippen LogP contribution in [0.5, 0.6) is 0 Å². The molecule has 18 heavy (non-hydrogen) atoms. The van der Waals surface area contributed by atoms with Crippen molar-refractivity contribution < 1.29 is 14.3 Å². The molecular formula is C13H17FN2O2. The number of hydrogen-bond acceptors (Lipinski definition) is 3. The summed E-state index contributed by atoms with van der Waals surface area (Å²) in [5.41, 5.74) is 0.705. The number of nitrogens with zero attached hydrogens (tertiary/aromatic N) is 2. The summed E-state index contributed by atoms with van der Waals surface area (Å²) in [4.78, 5) is 17.2. The van der Waals surface area contributed by atoms with Crippen molar-refractivity contribution in [3.8, 4) is 0 Å². The van der Waals surface area contributed by atoms with Gasteiger partial charge < -0.3 is 5.11 Å². The first-order valence-corrected chi connectivity index (χ1v) is 6.10. The number of carboxylic acid groups (broad SMARTS) is 1. The van der Waals surface area contributed by atoms with Crippen molar-refractivity contribution in [3.05, 3.63) is 29.8 Å². The fraction of sp³-hybridized carbons (Fsp3) is 0.538. The van der Waals surface area contributed by atoms with E-state index in [-0.39, 0.29) is 17.8 Å². The van der Waals surface area contributed by atoms with Crippen LogP contribution in [-0.4, -0.2) is 33.5 Å². The molecule has 1 aromatic rings. The monoisotopic (exact) mass is 252 g/mol. The Morgan fingerprint density at radius 3 is 2.89 bits per heavy atom. The van der Waals surface area contributed by atoms with Crippen LogP contribution in [0.1, 0.15) is 32.0 Å². The molecule has 1 aromatic heterocycles. The van der Waals surface area contributed by atoms with Gasteiger partial charge in [0, 0.05) is 0 Å². The van der Waals surface area contributed by atoms with Gasteiger partial charge in [-0.2, -0.15) is 0 Å². The summed E-state index contributed by atoms with van der Waals surface area (Å²) in [6.45, 7) is 4.59. The second kappa shape index (κ2) is 5.02.